The second-order valence-corrected chi connectivity index (χ2v) is 6.99. The van der Waals surface area contributed by atoms with Crippen molar-refractivity contribution in [3.63, 3.8) is 0 Å². The zero-order valence-electron chi connectivity index (χ0n) is 12.7. The molecule has 0 atom stereocenters. The summed E-state index contributed by atoms with van der Waals surface area (Å²) in [6.07, 6.45) is 1.77. The summed E-state index contributed by atoms with van der Waals surface area (Å²) in [5.41, 5.74) is -0.0793. The summed E-state index contributed by atoms with van der Waals surface area (Å²) < 4.78 is 1.89. The molecule has 0 radical (unpaired) electrons. The first kappa shape index (κ1) is 16.3. The minimum Gasteiger partial charge on any atom is -0.295 e. The third kappa shape index (κ3) is 3.22. The molecule has 0 saturated carbocycles. The fourth-order valence-corrected chi connectivity index (χ4v) is 3.58. The van der Waals surface area contributed by atoms with Gasteiger partial charge < -0.3 is 0 Å². The van der Waals surface area contributed by atoms with Gasteiger partial charge in [0.1, 0.15) is 0 Å². The lowest BCUT2D eigenvalue weighted by Gasteiger charge is -2.07. The second-order valence-electron chi connectivity index (χ2n) is 4.75. The van der Waals surface area contributed by atoms with Gasteiger partial charge in [0.15, 0.2) is 10.0 Å². The van der Waals surface area contributed by atoms with Crippen molar-refractivity contribution < 1.29 is 4.79 Å². The quantitative estimate of drug-likeness (QED) is 0.427. The van der Waals surface area contributed by atoms with Crippen molar-refractivity contribution in [2.45, 2.75) is 4.34 Å². The first-order chi connectivity index (χ1) is 11.6. The van der Waals surface area contributed by atoms with Crippen molar-refractivity contribution in [2.75, 3.05) is 11.1 Å². The fraction of sp³-hybridized carbons (Fsp3) is 0.133. The highest BCUT2D eigenvalue weighted by Gasteiger charge is 2.17. The Morgan fingerprint density at radius 3 is 2.88 bits per heavy atom. The molecule has 122 valence electrons. The molecule has 3 rings (SSSR count). The van der Waals surface area contributed by atoms with Gasteiger partial charge in [0.2, 0.25) is 5.13 Å². The van der Waals surface area contributed by atoms with Crippen molar-refractivity contribution in [1.29, 1.82) is 0 Å². The summed E-state index contributed by atoms with van der Waals surface area (Å²) in [5, 5.41) is 16.0. The van der Waals surface area contributed by atoms with E-state index in [1.165, 1.54) is 30.1 Å². The third-order valence-corrected chi connectivity index (χ3v) is 5.09. The lowest BCUT2D eigenvalue weighted by atomic mass is 10.1. The van der Waals surface area contributed by atoms with E-state index >= 15 is 0 Å². The molecule has 1 N–H and O–H groups in total. The van der Waals surface area contributed by atoms with Gasteiger partial charge in [-0.25, -0.2) is 4.68 Å². The van der Waals surface area contributed by atoms with Crippen molar-refractivity contribution in [3.8, 4) is 0 Å². The van der Waals surface area contributed by atoms with E-state index in [9.17, 15) is 9.59 Å². The van der Waals surface area contributed by atoms with Crippen LogP contribution in [0.2, 0.25) is 0 Å². The number of amides is 1. The number of nitrogens with zero attached hydrogens (tertiary/aromatic N) is 4. The third-order valence-electron chi connectivity index (χ3n) is 3.12. The molecule has 0 saturated heterocycles. The smallest absolute Gasteiger partial charge is 0.278 e. The molecule has 2 aromatic heterocycles. The number of benzene rings is 1. The van der Waals surface area contributed by atoms with Gasteiger partial charge in [0, 0.05) is 18.2 Å². The van der Waals surface area contributed by atoms with Crippen molar-refractivity contribution >= 4 is 44.9 Å². The van der Waals surface area contributed by atoms with E-state index in [-0.39, 0.29) is 11.3 Å². The highest BCUT2D eigenvalue weighted by atomic mass is 32.2. The fourth-order valence-electron chi connectivity index (χ4n) is 2.07. The Hall–Kier alpha value is -2.52. The van der Waals surface area contributed by atoms with E-state index in [0.717, 1.165) is 14.8 Å². The molecule has 0 spiro atoms. The summed E-state index contributed by atoms with van der Waals surface area (Å²) in [7, 11) is 1.51. The Labute approximate surface area is 145 Å². The van der Waals surface area contributed by atoms with Crippen LogP contribution in [0.25, 0.3) is 10.8 Å². The largest absolute Gasteiger partial charge is 0.295 e. The molecule has 7 nitrogen and oxygen atoms in total. The maximum Gasteiger partial charge on any atom is 0.278 e. The first-order valence-electron chi connectivity index (χ1n) is 6.94. The van der Waals surface area contributed by atoms with Crippen LogP contribution in [0.4, 0.5) is 5.13 Å². The Bertz CT molecular complexity index is 979. The minimum absolute atomic E-state index is 0.170. The second kappa shape index (κ2) is 6.93. The standard InChI is InChI=1S/C15H13N5O2S2/c1-3-8-23-15-18-17-14(24-15)16-12(21)11-9-6-4-5-7-10(9)13(22)20(2)19-11/h3-7H,1,8H2,2H3,(H,16,17,21). The minimum atomic E-state index is -0.432. The number of thioether (sulfide) groups is 1. The monoisotopic (exact) mass is 359 g/mol. The molecular weight excluding hydrogens is 346 g/mol. The van der Waals surface area contributed by atoms with Gasteiger partial charge in [0.25, 0.3) is 11.5 Å². The number of hydrogen-bond donors (Lipinski definition) is 1. The number of nitrogens with one attached hydrogen (secondary N) is 1. The molecule has 24 heavy (non-hydrogen) atoms. The van der Waals surface area contributed by atoms with Crippen LogP contribution >= 0.6 is 23.1 Å². The highest BCUT2D eigenvalue weighted by Crippen LogP contribution is 2.26. The highest BCUT2D eigenvalue weighted by molar-refractivity contribution is 8.01. The van der Waals surface area contributed by atoms with Crippen molar-refractivity contribution in [2.24, 2.45) is 7.05 Å². The Kier molecular flexibility index (Phi) is 4.72. The van der Waals surface area contributed by atoms with Crippen molar-refractivity contribution in [1.82, 2.24) is 20.0 Å². The predicted octanol–water partition coefficient (Wildman–Crippen LogP) is 2.32. The summed E-state index contributed by atoms with van der Waals surface area (Å²) in [4.78, 5) is 24.6. The van der Waals surface area contributed by atoms with Crippen LogP contribution in [0, 0.1) is 0 Å². The number of carbonyl (C=O) groups is 1. The number of aromatic nitrogens is 4. The van der Waals surface area contributed by atoms with Crippen LogP contribution < -0.4 is 10.9 Å². The number of hydrogen-bond acceptors (Lipinski definition) is 7. The van der Waals surface area contributed by atoms with Gasteiger partial charge in [-0.15, -0.1) is 16.8 Å². The van der Waals surface area contributed by atoms with E-state index in [1.54, 1.807) is 30.3 Å². The van der Waals surface area contributed by atoms with Crippen molar-refractivity contribution in [3.05, 3.63) is 53.0 Å². The molecule has 1 amide bonds. The summed E-state index contributed by atoms with van der Waals surface area (Å²) in [6, 6.07) is 6.88. The van der Waals surface area contributed by atoms with Gasteiger partial charge in [-0.05, 0) is 6.07 Å². The van der Waals surface area contributed by atoms with E-state index in [2.05, 4.69) is 27.2 Å². The van der Waals surface area contributed by atoms with E-state index in [4.69, 9.17) is 0 Å². The Morgan fingerprint density at radius 1 is 1.38 bits per heavy atom. The normalized spacial score (nSPS) is 10.7. The molecule has 1 aromatic carbocycles. The lowest BCUT2D eigenvalue weighted by molar-refractivity contribution is 0.102. The zero-order chi connectivity index (χ0) is 17.1. The number of rotatable bonds is 5. The van der Waals surface area contributed by atoms with Gasteiger partial charge in [-0.2, -0.15) is 5.10 Å². The molecule has 9 heteroatoms. The zero-order valence-corrected chi connectivity index (χ0v) is 14.4. The molecule has 0 aliphatic heterocycles. The predicted molar refractivity (Wildman–Crippen MR) is 95.8 cm³/mol. The average molecular weight is 359 g/mol. The maximum atomic E-state index is 12.5. The molecule has 2 heterocycles. The van der Waals surface area contributed by atoms with Crippen LogP contribution in [-0.4, -0.2) is 31.6 Å². The summed E-state index contributed by atoms with van der Waals surface area (Å²) in [5.74, 6) is 0.286. The number of carbonyl (C=O) groups excluding carboxylic acids is 1. The lowest BCUT2D eigenvalue weighted by Crippen LogP contribution is -2.25. The van der Waals surface area contributed by atoms with Crippen LogP contribution in [0.3, 0.4) is 0 Å². The first-order valence-corrected chi connectivity index (χ1v) is 8.75. The molecule has 0 aliphatic carbocycles. The topological polar surface area (TPSA) is 89.8 Å². The van der Waals surface area contributed by atoms with Crippen LogP contribution in [0.5, 0.6) is 0 Å². The van der Waals surface area contributed by atoms with Crippen LogP contribution in [0.1, 0.15) is 10.5 Å². The van der Waals surface area contributed by atoms with Gasteiger partial charge in [-0.3, -0.25) is 14.9 Å². The van der Waals surface area contributed by atoms with Crippen LogP contribution in [0.15, 0.2) is 46.1 Å². The number of anilines is 1. The van der Waals surface area contributed by atoms with E-state index in [1.807, 2.05) is 0 Å². The molecular formula is C15H13N5O2S2. The SMILES string of the molecule is C=CCSc1nnc(NC(=O)c2nn(C)c(=O)c3ccccc23)s1. The van der Waals surface area contributed by atoms with E-state index in [0.29, 0.717) is 15.9 Å². The molecule has 0 bridgehead atoms. The van der Waals surface area contributed by atoms with Crippen LogP contribution in [-0.2, 0) is 7.05 Å². The Morgan fingerprint density at radius 2 is 2.12 bits per heavy atom. The molecule has 3 aromatic rings. The van der Waals surface area contributed by atoms with E-state index < -0.39 is 5.91 Å². The molecule has 0 fully saturated rings. The number of aryl methyl sites for hydroxylation is 1. The molecule has 0 aliphatic rings. The Balaban J connectivity index is 1.92. The maximum absolute atomic E-state index is 12.5. The van der Waals surface area contributed by atoms with Gasteiger partial charge in [-0.1, -0.05) is 47.4 Å². The van der Waals surface area contributed by atoms with Gasteiger partial charge in [0.05, 0.1) is 5.39 Å². The van der Waals surface area contributed by atoms with Gasteiger partial charge >= 0.3 is 0 Å². The summed E-state index contributed by atoms with van der Waals surface area (Å²) >= 11 is 2.76. The average Bonchev–Trinajstić information content (AvgIpc) is 3.03. The number of fused-ring (bicyclic) bond motifs is 1. The summed E-state index contributed by atoms with van der Waals surface area (Å²) in [6.45, 7) is 3.64. The molecule has 0 unspecified atom stereocenters.